The van der Waals surface area contributed by atoms with Crippen LogP contribution < -0.4 is 31.3 Å². The van der Waals surface area contributed by atoms with E-state index in [9.17, 15) is 9.59 Å². The molecule has 3 heterocycles. The van der Waals surface area contributed by atoms with Crippen molar-refractivity contribution in [2.45, 2.75) is 45.4 Å². The van der Waals surface area contributed by atoms with E-state index in [1.54, 1.807) is 56.9 Å². The number of hydrogen-bond donors (Lipinski definition) is 4. The highest BCUT2D eigenvalue weighted by molar-refractivity contribution is 5.98. The number of carbonyl (C=O) groups excluding carboxylic acids is 2. The van der Waals surface area contributed by atoms with E-state index in [0.29, 0.717) is 37.6 Å². The Bertz CT molecular complexity index is 1480. The van der Waals surface area contributed by atoms with Crippen LogP contribution in [0.25, 0.3) is 0 Å². The SMILES string of the molecule is COc1ccc([C@@H](Nc2nc(Nc3cnc(N4CCOCC4)c(F)c3)c(C(N)=O)cc2F)[C@H](C)NC(=O)OC(C)(C)C)cc1. The average Bonchev–Trinajstić information content (AvgIpc) is 2.96. The quantitative estimate of drug-likeness (QED) is 0.257. The fourth-order valence-electron chi connectivity index (χ4n) is 4.55. The summed E-state index contributed by atoms with van der Waals surface area (Å²) in [5, 5.41) is 8.63. The Kier molecular flexibility index (Phi) is 10.0. The van der Waals surface area contributed by atoms with Crippen LogP contribution in [0.15, 0.2) is 42.6 Å². The molecule has 3 aromatic rings. The molecule has 1 aliphatic heterocycles. The summed E-state index contributed by atoms with van der Waals surface area (Å²) in [4.78, 5) is 35.1. The van der Waals surface area contributed by atoms with Gasteiger partial charge in [0.15, 0.2) is 23.3 Å². The molecular weight excluding hydrogens is 576 g/mol. The van der Waals surface area contributed by atoms with E-state index in [0.717, 1.165) is 6.07 Å². The molecule has 4 rings (SSSR count). The Morgan fingerprint density at radius 2 is 1.75 bits per heavy atom. The van der Waals surface area contributed by atoms with E-state index >= 15 is 8.78 Å². The largest absolute Gasteiger partial charge is 0.497 e. The van der Waals surface area contributed by atoms with Crippen LogP contribution in [0.5, 0.6) is 5.75 Å². The summed E-state index contributed by atoms with van der Waals surface area (Å²) >= 11 is 0. The third-order valence-corrected chi connectivity index (χ3v) is 6.65. The maximum Gasteiger partial charge on any atom is 0.407 e. The number of pyridine rings is 2. The third kappa shape index (κ3) is 8.22. The van der Waals surface area contributed by atoms with Gasteiger partial charge in [0.2, 0.25) is 0 Å². The van der Waals surface area contributed by atoms with Gasteiger partial charge < -0.3 is 40.8 Å². The van der Waals surface area contributed by atoms with E-state index in [1.165, 1.54) is 19.4 Å². The van der Waals surface area contributed by atoms with Crippen LogP contribution in [0.1, 0.15) is 49.7 Å². The third-order valence-electron chi connectivity index (χ3n) is 6.65. The van der Waals surface area contributed by atoms with Gasteiger partial charge in [0.05, 0.1) is 49.9 Å². The second-order valence-electron chi connectivity index (χ2n) is 11.2. The zero-order valence-corrected chi connectivity index (χ0v) is 25.2. The van der Waals surface area contributed by atoms with Crippen LogP contribution in [0, 0.1) is 11.6 Å². The number of alkyl carbamates (subject to hydrolysis) is 1. The Morgan fingerprint density at radius 3 is 2.34 bits per heavy atom. The molecular formula is C30H37F2N7O5. The van der Waals surface area contributed by atoms with Crippen molar-refractivity contribution in [3.63, 3.8) is 0 Å². The van der Waals surface area contributed by atoms with Crippen LogP contribution in [0.2, 0.25) is 0 Å². The molecule has 1 fully saturated rings. The summed E-state index contributed by atoms with van der Waals surface area (Å²) in [5.74, 6) is -2.04. The predicted molar refractivity (Wildman–Crippen MR) is 161 cm³/mol. The smallest absolute Gasteiger partial charge is 0.407 e. The first-order valence-electron chi connectivity index (χ1n) is 14.0. The lowest BCUT2D eigenvalue weighted by Gasteiger charge is -2.29. The lowest BCUT2D eigenvalue weighted by molar-refractivity contribution is 0.0503. The van der Waals surface area contributed by atoms with Crippen molar-refractivity contribution >= 4 is 35.1 Å². The molecule has 2 amide bonds. The topological polar surface area (TPSA) is 153 Å². The monoisotopic (exact) mass is 613 g/mol. The van der Waals surface area contributed by atoms with E-state index in [2.05, 4.69) is 25.9 Å². The van der Waals surface area contributed by atoms with Crippen molar-refractivity contribution in [1.82, 2.24) is 15.3 Å². The number of ether oxygens (including phenoxy) is 3. The first-order chi connectivity index (χ1) is 20.8. The van der Waals surface area contributed by atoms with Crippen molar-refractivity contribution in [3.8, 4) is 5.75 Å². The van der Waals surface area contributed by atoms with Crippen LogP contribution in [-0.2, 0) is 9.47 Å². The highest BCUT2D eigenvalue weighted by Gasteiger charge is 2.27. The van der Waals surface area contributed by atoms with Crippen LogP contribution in [-0.4, -0.2) is 67.0 Å². The Hall–Kier alpha value is -4.72. The average molecular weight is 614 g/mol. The number of primary amides is 1. The van der Waals surface area contributed by atoms with Gasteiger partial charge in [-0.3, -0.25) is 4.79 Å². The van der Waals surface area contributed by atoms with Gasteiger partial charge in [0, 0.05) is 19.2 Å². The maximum atomic E-state index is 15.4. The molecule has 236 valence electrons. The molecule has 14 heteroatoms. The summed E-state index contributed by atoms with van der Waals surface area (Å²) in [5.41, 5.74) is 5.36. The number of carbonyl (C=O) groups is 2. The van der Waals surface area contributed by atoms with E-state index in [4.69, 9.17) is 19.9 Å². The number of hydrogen-bond acceptors (Lipinski definition) is 10. The molecule has 0 spiro atoms. The van der Waals surface area contributed by atoms with Gasteiger partial charge >= 0.3 is 6.09 Å². The fourth-order valence-corrected chi connectivity index (χ4v) is 4.55. The summed E-state index contributed by atoms with van der Waals surface area (Å²) in [6, 6.07) is 7.72. The van der Waals surface area contributed by atoms with Crippen molar-refractivity contribution < 1.29 is 32.6 Å². The number of halogens is 2. The number of rotatable bonds is 10. The molecule has 0 unspecified atom stereocenters. The molecule has 0 bridgehead atoms. The number of nitrogens with one attached hydrogen (secondary N) is 3. The first kappa shape index (κ1) is 32.2. The van der Waals surface area contributed by atoms with Gasteiger partial charge in [-0.1, -0.05) is 12.1 Å². The van der Waals surface area contributed by atoms with Crippen molar-refractivity contribution in [2.75, 3.05) is 48.9 Å². The molecule has 1 aromatic carbocycles. The summed E-state index contributed by atoms with van der Waals surface area (Å²) < 4.78 is 46.4. The molecule has 2 atom stereocenters. The summed E-state index contributed by atoms with van der Waals surface area (Å²) in [6.45, 7) is 8.84. The number of aromatic nitrogens is 2. The summed E-state index contributed by atoms with van der Waals surface area (Å²) in [7, 11) is 1.53. The fraction of sp³-hybridized carbons (Fsp3) is 0.400. The highest BCUT2D eigenvalue weighted by Crippen LogP contribution is 2.30. The lowest BCUT2D eigenvalue weighted by atomic mass is 10.00. The normalized spacial score (nSPS) is 14.8. The van der Waals surface area contributed by atoms with Crippen LogP contribution >= 0.6 is 0 Å². The molecule has 12 nitrogen and oxygen atoms in total. The van der Waals surface area contributed by atoms with Crippen LogP contribution in [0.4, 0.5) is 36.7 Å². The number of amides is 2. The Morgan fingerprint density at radius 1 is 1.07 bits per heavy atom. The van der Waals surface area contributed by atoms with Gasteiger partial charge in [0.25, 0.3) is 5.91 Å². The summed E-state index contributed by atoms with van der Waals surface area (Å²) in [6.07, 6.45) is 0.712. The molecule has 0 saturated carbocycles. The Balaban J connectivity index is 1.65. The molecule has 0 aliphatic carbocycles. The molecule has 2 aromatic heterocycles. The minimum absolute atomic E-state index is 0.122. The van der Waals surface area contributed by atoms with Gasteiger partial charge in [0.1, 0.15) is 17.2 Å². The second-order valence-corrected chi connectivity index (χ2v) is 11.2. The first-order valence-corrected chi connectivity index (χ1v) is 14.0. The minimum atomic E-state index is -0.949. The van der Waals surface area contributed by atoms with E-state index < -0.39 is 41.3 Å². The molecule has 1 aliphatic rings. The molecule has 5 N–H and O–H groups in total. The number of nitrogens with zero attached hydrogens (tertiary/aromatic N) is 3. The predicted octanol–water partition coefficient (Wildman–Crippen LogP) is 4.51. The van der Waals surface area contributed by atoms with E-state index in [-0.39, 0.29) is 28.7 Å². The number of nitrogens with two attached hydrogens (primary N) is 1. The zero-order valence-electron chi connectivity index (χ0n) is 25.2. The van der Waals surface area contributed by atoms with Crippen molar-refractivity contribution in [1.29, 1.82) is 0 Å². The number of methoxy groups -OCH3 is 1. The Labute approximate surface area is 254 Å². The zero-order chi connectivity index (χ0) is 32.0. The van der Waals surface area contributed by atoms with Gasteiger partial charge in [-0.05, 0) is 51.5 Å². The lowest BCUT2D eigenvalue weighted by Crippen LogP contribution is -2.42. The van der Waals surface area contributed by atoms with Crippen LogP contribution in [0.3, 0.4) is 0 Å². The number of morpholine rings is 1. The van der Waals surface area contributed by atoms with Gasteiger partial charge in [-0.25, -0.2) is 23.5 Å². The number of benzene rings is 1. The standard InChI is InChI=1S/C30H37F2N7O5/c1-17(35-29(41)44-30(2,3)4)24(18-6-8-20(42-5)9-7-18)37-27-22(31)15-21(25(33)40)26(38-27)36-19-14-23(32)28(34-16-19)39-10-12-43-13-11-39/h6-9,14-17,24H,10-13H2,1-5H3,(H2,33,40)(H,35,41)(H2,36,37,38)/t17-,24-/m0/s1. The van der Waals surface area contributed by atoms with E-state index in [1.807, 2.05) is 0 Å². The maximum absolute atomic E-state index is 15.4. The highest BCUT2D eigenvalue weighted by atomic mass is 19.1. The van der Waals surface area contributed by atoms with Crippen molar-refractivity contribution in [3.05, 3.63) is 65.4 Å². The molecule has 0 radical (unpaired) electrons. The van der Waals surface area contributed by atoms with Gasteiger partial charge in [-0.15, -0.1) is 0 Å². The van der Waals surface area contributed by atoms with Crippen molar-refractivity contribution in [2.24, 2.45) is 5.73 Å². The number of anilines is 4. The van der Waals surface area contributed by atoms with Gasteiger partial charge in [-0.2, -0.15) is 0 Å². The molecule has 1 saturated heterocycles. The minimum Gasteiger partial charge on any atom is -0.497 e. The molecule has 44 heavy (non-hydrogen) atoms. The second kappa shape index (κ2) is 13.7.